The monoisotopic (exact) mass is 416 g/mol. The predicted octanol–water partition coefficient (Wildman–Crippen LogP) is 6.47. The number of unbranched alkanes of at least 4 members (excludes halogenated alkanes) is 1. The van der Waals surface area contributed by atoms with Gasteiger partial charge in [-0.25, -0.2) is 4.98 Å². The van der Waals surface area contributed by atoms with Crippen LogP contribution >= 0.6 is 0 Å². The summed E-state index contributed by atoms with van der Waals surface area (Å²) in [5, 5.41) is 5.73. The van der Waals surface area contributed by atoms with Crippen LogP contribution in [0.25, 0.3) is 0 Å². The Kier molecular flexibility index (Phi) is 6.76. The van der Waals surface area contributed by atoms with Gasteiger partial charge in [-0.2, -0.15) is 18.2 Å². The number of nitrogens with zero attached hydrogens (tertiary/aromatic N) is 2. The van der Waals surface area contributed by atoms with E-state index < -0.39 is 11.7 Å². The molecule has 5 nitrogen and oxygen atoms in total. The number of halogens is 3. The molecule has 0 aliphatic rings. The molecule has 3 aromatic rings. The lowest BCUT2D eigenvalue weighted by molar-refractivity contribution is -0.137. The van der Waals surface area contributed by atoms with Crippen molar-refractivity contribution in [1.82, 2.24) is 9.97 Å². The van der Waals surface area contributed by atoms with Crippen molar-refractivity contribution in [3.05, 3.63) is 65.9 Å². The summed E-state index contributed by atoms with van der Waals surface area (Å²) in [5.74, 6) is 0.309. The molecule has 2 N–H and O–H groups in total. The van der Waals surface area contributed by atoms with Crippen molar-refractivity contribution in [3.8, 4) is 5.75 Å². The number of alkyl halides is 3. The van der Waals surface area contributed by atoms with E-state index in [4.69, 9.17) is 4.74 Å². The Balaban J connectivity index is 1.88. The van der Waals surface area contributed by atoms with Gasteiger partial charge >= 0.3 is 6.18 Å². The Labute approximate surface area is 173 Å². The lowest BCUT2D eigenvalue weighted by Crippen LogP contribution is -2.12. The molecule has 0 fully saturated rings. The molecule has 0 bridgehead atoms. The van der Waals surface area contributed by atoms with Crippen molar-refractivity contribution in [1.29, 1.82) is 0 Å². The largest absolute Gasteiger partial charge is 0.494 e. The van der Waals surface area contributed by atoms with E-state index in [1.807, 2.05) is 25.1 Å². The van der Waals surface area contributed by atoms with Crippen molar-refractivity contribution < 1.29 is 17.9 Å². The highest BCUT2D eigenvalue weighted by Crippen LogP contribution is 2.35. The molecule has 1 heterocycles. The minimum absolute atomic E-state index is 0.0650. The van der Waals surface area contributed by atoms with Crippen LogP contribution in [0.4, 0.5) is 36.3 Å². The van der Waals surface area contributed by atoms with Crippen molar-refractivity contribution in [3.63, 3.8) is 0 Å². The van der Waals surface area contributed by atoms with Crippen LogP contribution < -0.4 is 15.4 Å². The van der Waals surface area contributed by atoms with E-state index in [2.05, 4.69) is 27.5 Å². The van der Waals surface area contributed by atoms with Gasteiger partial charge < -0.3 is 15.4 Å². The third kappa shape index (κ3) is 5.62. The number of hydrogen-bond donors (Lipinski definition) is 2. The maximum absolute atomic E-state index is 13.5. The summed E-state index contributed by atoms with van der Waals surface area (Å²) >= 11 is 0. The number of rotatable bonds is 8. The first-order valence-corrected chi connectivity index (χ1v) is 9.63. The average molecular weight is 416 g/mol. The summed E-state index contributed by atoms with van der Waals surface area (Å²) in [7, 11) is 0. The van der Waals surface area contributed by atoms with Gasteiger partial charge in [0.1, 0.15) is 17.1 Å². The standard InChI is InChI=1S/C22H23F3N4O/c1-3-4-12-30-17-10-7-9-16(13-17)27-20-18(22(23,24)25)14-26-21(29-20)28-19-11-6-5-8-15(19)2/h5-11,13-14H,3-4,12H2,1-2H3,(H2,26,27,28,29). The summed E-state index contributed by atoms with van der Waals surface area (Å²) in [6.07, 6.45) is -1.93. The summed E-state index contributed by atoms with van der Waals surface area (Å²) in [6, 6.07) is 14.2. The van der Waals surface area contributed by atoms with Crippen LogP contribution in [0.3, 0.4) is 0 Å². The van der Waals surface area contributed by atoms with Gasteiger partial charge in [-0.05, 0) is 37.1 Å². The van der Waals surface area contributed by atoms with E-state index in [0.29, 0.717) is 18.0 Å². The van der Waals surface area contributed by atoms with Gasteiger partial charge in [0.05, 0.1) is 6.61 Å². The van der Waals surface area contributed by atoms with Gasteiger partial charge in [0, 0.05) is 23.6 Å². The molecular weight excluding hydrogens is 393 g/mol. The Hall–Kier alpha value is -3.29. The number of hydrogen-bond acceptors (Lipinski definition) is 5. The summed E-state index contributed by atoms with van der Waals surface area (Å²) in [5.41, 5.74) is 1.13. The van der Waals surface area contributed by atoms with Crippen LogP contribution in [0.2, 0.25) is 0 Å². The Morgan fingerprint density at radius 2 is 1.83 bits per heavy atom. The molecule has 2 aromatic carbocycles. The molecule has 30 heavy (non-hydrogen) atoms. The van der Waals surface area contributed by atoms with Crippen LogP contribution in [0.5, 0.6) is 5.75 Å². The van der Waals surface area contributed by atoms with Crippen LogP contribution in [0.1, 0.15) is 30.9 Å². The molecule has 0 aliphatic carbocycles. The molecule has 0 spiro atoms. The molecule has 1 aromatic heterocycles. The van der Waals surface area contributed by atoms with Crippen LogP contribution in [-0.2, 0) is 6.18 Å². The molecule has 0 amide bonds. The molecule has 8 heteroatoms. The number of para-hydroxylation sites is 1. The highest BCUT2D eigenvalue weighted by molar-refractivity contribution is 5.64. The highest BCUT2D eigenvalue weighted by atomic mass is 19.4. The fraction of sp³-hybridized carbons (Fsp3) is 0.273. The van der Waals surface area contributed by atoms with E-state index in [-0.39, 0.29) is 11.8 Å². The number of anilines is 4. The van der Waals surface area contributed by atoms with Crippen molar-refractivity contribution in [2.75, 3.05) is 17.2 Å². The normalized spacial score (nSPS) is 11.2. The third-order valence-electron chi connectivity index (χ3n) is 4.35. The first-order chi connectivity index (χ1) is 14.4. The molecule has 0 radical (unpaired) electrons. The second kappa shape index (κ2) is 9.47. The quantitative estimate of drug-likeness (QED) is 0.412. The van der Waals surface area contributed by atoms with E-state index in [9.17, 15) is 13.2 Å². The van der Waals surface area contributed by atoms with Crippen molar-refractivity contribution >= 4 is 23.1 Å². The summed E-state index contributed by atoms with van der Waals surface area (Å²) in [4.78, 5) is 7.93. The highest BCUT2D eigenvalue weighted by Gasteiger charge is 2.35. The zero-order valence-corrected chi connectivity index (χ0v) is 16.8. The molecule has 0 unspecified atom stereocenters. The topological polar surface area (TPSA) is 59.1 Å². The first kappa shape index (κ1) is 21.4. The zero-order chi connectivity index (χ0) is 21.6. The van der Waals surface area contributed by atoms with Crippen molar-refractivity contribution in [2.45, 2.75) is 32.9 Å². The van der Waals surface area contributed by atoms with Gasteiger partial charge in [-0.15, -0.1) is 0 Å². The lowest BCUT2D eigenvalue weighted by Gasteiger charge is -2.16. The summed E-state index contributed by atoms with van der Waals surface area (Å²) < 4.78 is 46.1. The van der Waals surface area contributed by atoms with Crippen LogP contribution in [-0.4, -0.2) is 16.6 Å². The maximum atomic E-state index is 13.5. The van der Waals surface area contributed by atoms with E-state index in [0.717, 1.165) is 30.3 Å². The van der Waals surface area contributed by atoms with E-state index in [1.165, 1.54) is 0 Å². The SMILES string of the molecule is CCCCOc1cccc(Nc2nc(Nc3ccccc3C)ncc2C(F)(F)F)c1. The second-order valence-corrected chi connectivity index (χ2v) is 6.75. The lowest BCUT2D eigenvalue weighted by atomic mass is 10.2. The smallest absolute Gasteiger partial charge is 0.421 e. The van der Waals surface area contributed by atoms with Crippen LogP contribution in [0, 0.1) is 6.92 Å². The van der Waals surface area contributed by atoms with E-state index >= 15 is 0 Å². The van der Waals surface area contributed by atoms with Gasteiger partial charge in [0.25, 0.3) is 0 Å². The van der Waals surface area contributed by atoms with Crippen LogP contribution in [0.15, 0.2) is 54.7 Å². The first-order valence-electron chi connectivity index (χ1n) is 9.63. The zero-order valence-electron chi connectivity index (χ0n) is 16.8. The molecular formula is C22H23F3N4O. The fourth-order valence-electron chi connectivity index (χ4n) is 2.71. The van der Waals surface area contributed by atoms with Gasteiger partial charge in [-0.3, -0.25) is 0 Å². The number of nitrogens with one attached hydrogen (secondary N) is 2. The third-order valence-corrected chi connectivity index (χ3v) is 4.35. The van der Waals surface area contributed by atoms with Gasteiger partial charge in [0.2, 0.25) is 5.95 Å². The average Bonchev–Trinajstić information content (AvgIpc) is 2.70. The molecule has 3 rings (SSSR count). The molecule has 158 valence electrons. The second-order valence-electron chi connectivity index (χ2n) is 6.75. The fourth-order valence-corrected chi connectivity index (χ4v) is 2.71. The molecule has 0 aliphatic heterocycles. The maximum Gasteiger partial charge on any atom is 0.421 e. The van der Waals surface area contributed by atoms with Gasteiger partial charge in [-0.1, -0.05) is 37.6 Å². The minimum Gasteiger partial charge on any atom is -0.494 e. The predicted molar refractivity (Wildman–Crippen MR) is 112 cm³/mol. The van der Waals surface area contributed by atoms with Gasteiger partial charge in [0.15, 0.2) is 0 Å². The molecule has 0 saturated carbocycles. The van der Waals surface area contributed by atoms with Crippen molar-refractivity contribution in [2.24, 2.45) is 0 Å². The Bertz CT molecular complexity index is 992. The minimum atomic E-state index is -4.60. The number of ether oxygens (including phenoxy) is 1. The number of benzene rings is 2. The summed E-state index contributed by atoms with van der Waals surface area (Å²) in [6.45, 7) is 4.49. The van der Waals surface area contributed by atoms with E-state index in [1.54, 1.807) is 30.3 Å². The molecule has 0 atom stereocenters. The number of aromatic nitrogens is 2. The number of aryl methyl sites for hydroxylation is 1. The Morgan fingerprint density at radius 1 is 1.03 bits per heavy atom. The Morgan fingerprint density at radius 3 is 2.57 bits per heavy atom. The molecule has 0 saturated heterocycles.